The summed E-state index contributed by atoms with van der Waals surface area (Å²) in [5.41, 5.74) is 2.90. The summed E-state index contributed by atoms with van der Waals surface area (Å²) in [5, 5.41) is 2.75. The molecule has 1 aliphatic heterocycles. The molecule has 0 aromatic heterocycles. The first kappa shape index (κ1) is 20.7. The molecular weight excluding hydrogens is 487 g/mol. The van der Waals surface area contributed by atoms with E-state index in [1.807, 2.05) is 26.0 Å². The Morgan fingerprint density at radius 1 is 1.03 bits per heavy atom. The maximum atomic E-state index is 12.3. The zero-order chi connectivity index (χ0) is 21.1. The van der Waals surface area contributed by atoms with Crippen molar-refractivity contribution in [2.75, 3.05) is 16.8 Å². The zero-order valence-electron chi connectivity index (χ0n) is 15.7. The van der Waals surface area contributed by atoms with Crippen LogP contribution in [0.3, 0.4) is 0 Å². The number of halogens is 1. The van der Waals surface area contributed by atoms with E-state index in [1.54, 1.807) is 0 Å². The number of nitrogens with zero attached hydrogens (tertiary/aromatic N) is 1. The van der Waals surface area contributed by atoms with Gasteiger partial charge in [0.15, 0.2) is 6.61 Å². The van der Waals surface area contributed by atoms with Gasteiger partial charge in [-0.1, -0.05) is 6.07 Å². The van der Waals surface area contributed by atoms with Gasteiger partial charge in [0.25, 0.3) is 17.7 Å². The summed E-state index contributed by atoms with van der Waals surface area (Å²) in [5.74, 6) is -2.16. The van der Waals surface area contributed by atoms with Gasteiger partial charge in [0.1, 0.15) is 0 Å². The molecule has 0 unspecified atom stereocenters. The highest BCUT2D eigenvalue weighted by atomic mass is 127. The van der Waals surface area contributed by atoms with Crippen LogP contribution in [-0.2, 0) is 19.1 Å². The summed E-state index contributed by atoms with van der Waals surface area (Å²) in [4.78, 5) is 49.0. The van der Waals surface area contributed by atoms with Gasteiger partial charge in [0.2, 0.25) is 0 Å². The summed E-state index contributed by atoms with van der Waals surface area (Å²) < 4.78 is 6.14. The van der Waals surface area contributed by atoms with Gasteiger partial charge in [-0.25, -0.2) is 9.69 Å². The van der Waals surface area contributed by atoms with Gasteiger partial charge >= 0.3 is 5.97 Å². The second-order valence-corrected chi connectivity index (χ2v) is 7.68. The van der Waals surface area contributed by atoms with Crippen molar-refractivity contribution >= 4 is 57.7 Å². The minimum Gasteiger partial charge on any atom is -0.452 e. The fourth-order valence-electron chi connectivity index (χ4n) is 2.92. The molecule has 0 bridgehead atoms. The van der Waals surface area contributed by atoms with Crippen molar-refractivity contribution in [1.29, 1.82) is 0 Å². The number of benzene rings is 2. The van der Waals surface area contributed by atoms with E-state index in [0.717, 1.165) is 31.7 Å². The number of anilines is 2. The van der Waals surface area contributed by atoms with E-state index in [9.17, 15) is 19.2 Å². The van der Waals surface area contributed by atoms with Crippen LogP contribution < -0.4 is 10.2 Å². The molecular formula is C21H17IN2O5. The Hall–Kier alpha value is -3.01. The van der Waals surface area contributed by atoms with Crippen molar-refractivity contribution in [3.05, 3.63) is 68.8 Å². The van der Waals surface area contributed by atoms with Crippen LogP contribution in [-0.4, -0.2) is 30.3 Å². The highest BCUT2D eigenvalue weighted by Crippen LogP contribution is 2.23. The van der Waals surface area contributed by atoms with Crippen LogP contribution in [0.15, 0.2) is 48.6 Å². The molecule has 29 heavy (non-hydrogen) atoms. The molecule has 1 N–H and O–H groups in total. The third kappa shape index (κ3) is 4.70. The Kier molecular flexibility index (Phi) is 6.12. The van der Waals surface area contributed by atoms with Crippen molar-refractivity contribution in [3.8, 4) is 0 Å². The fraction of sp³-hybridized carbons (Fsp3) is 0.143. The zero-order valence-corrected chi connectivity index (χ0v) is 17.8. The van der Waals surface area contributed by atoms with Crippen LogP contribution in [0, 0.1) is 17.4 Å². The van der Waals surface area contributed by atoms with Crippen LogP contribution in [0.5, 0.6) is 0 Å². The number of aryl methyl sites for hydroxylation is 2. The minimum atomic E-state index is -0.731. The number of hydrogen-bond donors (Lipinski definition) is 1. The highest BCUT2D eigenvalue weighted by molar-refractivity contribution is 14.1. The predicted molar refractivity (Wildman–Crippen MR) is 116 cm³/mol. The first-order valence-corrected chi connectivity index (χ1v) is 9.74. The normalized spacial score (nSPS) is 13.0. The van der Waals surface area contributed by atoms with Crippen molar-refractivity contribution < 1.29 is 23.9 Å². The molecule has 2 aromatic carbocycles. The van der Waals surface area contributed by atoms with E-state index in [-0.39, 0.29) is 11.3 Å². The Morgan fingerprint density at radius 2 is 1.66 bits per heavy atom. The number of ether oxygens (including phenoxy) is 1. The van der Waals surface area contributed by atoms with Crippen molar-refractivity contribution in [3.63, 3.8) is 0 Å². The molecule has 0 atom stereocenters. The van der Waals surface area contributed by atoms with E-state index < -0.39 is 30.3 Å². The summed E-state index contributed by atoms with van der Waals surface area (Å²) in [6.45, 7) is 3.31. The standard InChI is InChI=1S/C21H17IN2O5/c1-12-8-15(22)9-13(2)20(12)23-17(25)11-29-21(28)14-4-3-5-16(10-14)24-18(26)6-7-19(24)27/h3-10H,11H2,1-2H3,(H,23,25). The maximum Gasteiger partial charge on any atom is 0.338 e. The number of amides is 3. The van der Waals surface area contributed by atoms with Gasteiger partial charge in [-0.15, -0.1) is 0 Å². The summed E-state index contributed by atoms with van der Waals surface area (Å²) in [6.07, 6.45) is 2.32. The third-order valence-electron chi connectivity index (χ3n) is 4.25. The summed E-state index contributed by atoms with van der Waals surface area (Å²) in [7, 11) is 0. The quantitative estimate of drug-likeness (QED) is 0.384. The molecule has 0 spiro atoms. The molecule has 3 amide bonds. The molecule has 1 heterocycles. The van der Waals surface area contributed by atoms with Crippen molar-refractivity contribution in [1.82, 2.24) is 0 Å². The molecule has 0 fully saturated rings. The van der Waals surface area contributed by atoms with Gasteiger partial charge in [0.05, 0.1) is 11.3 Å². The average Bonchev–Trinajstić information content (AvgIpc) is 3.01. The lowest BCUT2D eigenvalue weighted by molar-refractivity contribution is -0.120. The number of rotatable bonds is 5. The second-order valence-electron chi connectivity index (χ2n) is 6.43. The van der Waals surface area contributed by atoms with E-state index >= 15 is 0 Å². The fourth-order valence-corrected chi connectivity index (χ4v) is 3.86. The van der Waals surface area contributed by atoms with E-state index in [0.29, 0.717) is 5.69 Å². The van der Waals surface area contributed by atoms with Crippen LogP contribution in [0.2, 0.25) is 0 Å². The predicted octanol–water partition coefficient (Wildman–Crippen LogP) is 3.13. The molecule has 0 aliphatic carbocycles. The first-order chi connectivity index (χ1) is 13.8. The van der Waals surface area contributed by atoms with Crippen molar-refractivity contribution in [2.24, 2.45) is 0 Å². The molecule has 7 nitrogen and oxygen atoms in total. The number of esters is 1. The van der Waals surface area contributed by atoms with Crippen LogP contribution in [0.25, 0.3) is 0 Å². The molecule has 0 saturated heterocycles. The number of hydrogen-bond acceptors (Lipinski definition) is 5. The van der Waals surface area contributed by atoms with Gasteiger partial charge in [-0.2, -0.15) is 0 Å². The molecule has 2 aromatic rings. The topological polar surface area (TPSA) is 92.8 Å². The highest BCUT2D eigenvalue weighted by Gasteiger charge is 2.25. The van der Waals surface area contributed by atoms with Gasteiger partial charge in [0, 0.05) is 21.4 Å². The number of nitrogens with one attached hydrogen (secondary N) is 1. The largest absolute Gasteiger partial charge is 0.452 e. The maximum absolute atomic E-state index is 12.3. The van der Waals surface area contributed by atoms with Crippen LogP contribution in [0.1, 0.15) is 21.5 Å². The van der Waals surface area contributed by atoms with E-state index in [1.165, 1.54) is 24.3 Å². The Bertz CT molecular complexity index is 1020. The average molecular weight is 504 g/mol. The lowest BCUT2D eigenvalue weighted by atomic mass is 10.1. The van der Waals surface area contributed by atoms with E-state index in [4.69, 9.17) is 4.74 Å². The van der Waals surface area contributed by atoms with Crippen LogP contribution in [0.4, 0.5) is 11.4 Å². The van der Waals surface area contributed by atoms with E-state index in [2.05, 4.69) is 27.9 Å². The SMILES string of the molecule is Cc1cc(I)cc(C)c1NC(=O)COC(=O)c1cccc(N2C(=O)C=CC2=O)c1. The summed E-state index contributed by atoms with van der Waals surface area (Å²) in [6, 6.07) is 9.80. The van der Waals surface area contributed by atoms with Gasteiger partial charge in [-0.3, -0.25) is 14.4 Å². The number of imide groups is 1. The number of carbonyl (C=O) groups excluding carboxylic acids is 4. The first-order valence-electron chi connectivity index (χ1n) is 8.66. The smallest absolute Gasteiger partial charge is 0.338 e. The Balaban J connectivity index is 1.64. The number of carbonyl (C=O) groups is 4. The lowest BCUT2D eigenvalue weighted by Crippen LogP contribution is -2.29. The molecule has 3 rings (SSSR count). The van der Waals surface area contributed by atoms with Crippen LogP contribution >= 0.6 is 22.6 Å². The molecule has 1 aliphatic rings. The minimum absolute atomic E-state index is 0.129. The molecule has 8 heteroatoms. The molecule has 0 saturated carbocycles. The lowest BCUT2D eigenvalue weighted by Gasteiger charge is -2.15. The van der Waals surface area contributed by atoms with Gasteiger partial charge < -0.3 is 10.1 Å². The molecule has 148 valence electrons. The third-order valence-corrected chi connectivity index (χ3v) is 4.87. The second kappa shape index (κ2) is 8.56. The Morgan fingerprint density at radius 3 is 2.28 bits per heavy atom. The molecule has 0 radical (unpaired) electrons. The van der Waals surface area contributed by atoms with Crippen molar-refractivity contribution in [2.45, 2.75) is 13.8 Å². The summed E-state index contributed by atoms with van der Waals surface area (Å²) >= 11 is 2.20. The van der Waals surface area contributed by atoms with Gasteiger partial charge in [-0.05, 0) is 77.9 Å². The monoisotopic (exact) mass is 504 g/mol. The Labute approximate surface area is 180 Å².